The lowest BCUT2D eigenvalue weighted by atomic mass is 10.1. The van der Waals surface area contributed by atoms with E-state index in [-0.39, 0.29) is 5.82 Å². The normalized spacial score (nSPS) is 16.4. The molecule has 2 rings (SSSR count). The maximum Gasteiger partial charge on any atom is 0.125 e. The Bertz CT molecular complexity index is 415. The molecule has 0 heterocycles. The predicted molar refractivity (Wildman–Crippen MR) is 79.0 cm³/mol. The van der Waals surface area contributed by atoms with Gasteiger partial charge in [0.05, 0.1) is 0 Å². The second-order valence-corrected chi connectivity index (χ2v) is 5.52. The molecule has 1 atom stereocenters. The number of anilines is 1. The number of rotatable bonds is 7. The van der Waals surface area contributed by atoms with Gasteiger partial charge in [-0.2, -0.15) is 0 Å². The highest BCUT2D eigenvalue weighted by Gasteiger charge is 2.20. The maximum atomic E-state index is 13.8. The van der Waals surface area contributed by atoms with Crippen molar-refractivity contribution in [1.29, 1.82) is 0 Å². The summed E-state index contributed by atoms with van der Waals surface area (Å²) in [4.78, 5) is 2.27. The molecule has 0 radical (unpaired) electrons. The van der Waals surface area contributed by atoms with E-state index in [0.29, 0.717) is 12.1 Å². The Morgan fingerprint density at radius 1 is 1.32 bits per heavy atom. The van der Waals surface area contributed by atoms with E-state index in [0.717, 1.165) is 30.8 Å². The van der Waals surface area contributed by atoms with Crippen molar-refractivity contribution >= 4 is 5.69 Å². The average Bonchev–Trinajstić information content (AvgIpc) is 3.20. The van der Waals surface area contributed by atoms with Crippen LogP contribution in [0.15, 0.2) is 18.2 Å². The van der Waals surface area contributed by atoms with Crippen molar-refractivity contribution in [2.75, 3.05) is 11.4 Å². The van der Waals surface area contributed by atoms with Crippen LogP contribution in [0.25, 0.3) is 0 Å². The topological polar surface area (TPSA) is 15.3 Å². The molecule has 1 N–H and O–H groups in total. The fourth-order valence-corrected chi connectivity index (χ4v) is 2.42. The highest BCUT2D eigenvalue weighted by Crippen LogP contribution is 2.23. The number of benzene rings is 1. The van der Waals surface area contributed by atoms with Gasteiger partial charge in [-0.3, -0.25) is 0 Å². The molecule has 1 aliphatic carbocycles. The molecule has 1 fully saturated rings. The molecule has 1 saturated carbocycles. The van der Waals surface area contributed by atoms with Crippen molar-refractivity contribution in [3.8, 4) is 0 Å². The van der Waals surface area contributed by atoms with Crippen molar-refractivity contribution in [3.63, 3.8) is 0 Å². The lowest BCUT2D eigenvalue weighted by molar-refractivity contribution is 0.605. The number of nitrogens with zero attached hydrogens (tertiary/aromatic N) is 1. The van der Waals surface area contributed by atoms with E-state index in [9.17, 15) is 4.39 Å². The summed E-state index contributed by atoms with van der Waals surface area (Å²) < 4.78 is 13.8. The van der Waals surface area contributed by atoms with E-state index in [1.54, 1.807) is 12.1 Å². The predicted octanol–water partition coefficient (Wildman–Crippen LogP) is 3.70. The van der Waals surface area contributed by atoms with Crippen LogP contribution in [0.2, 0.25) is 0 Å². The highest BCUT2D eigenvalue weighted by atomic mass is 19.1. The first-order valence-electron chi connectivity index (χ1n) is 7.43. The van der Waals surface area contributed by atoms with Crippen LogP contribution >= 0.6 is 0 Å². The van der Waals surface area contributed by atoms with E-state index >= 15 is 0 Å². The first-order chi connectivity index (χ1) is 9.13. The Balaban J connectivity index is 2.13. The number of halogens is 1. The Hall–Kier alpha value is -1.09. The van der Waals surface area contributed by atoms with Crippen LogP contribution in [0.5, 0.6) is 0 Å². The van der Waals surface area contributed by atoms with Crippen LogP contribution in [-0.4, -0.2) is 18.6 Å². The summed E-state index contributed by atoms with van der Waals surface area (Å²) in [6, 6.07) is 6.51. The molecule has 0 aromatic heterocycles. The summed E-state index contributed by atoms with van der Waals surface area (Å²) in [6.45, 7) is 8.17. The van der Waals surface area contributed by atoms with E-state index in [1.807, 2.05) is 0 Å². The molecule has 1 aromatic rings. The Morgan fingerprint density at radius 3 is 2.63 bits per heavy atom. The summed E-state index contributed by atoms with van der Waals surface area (Å²) in [7, 11) is 0. The van der Waals surface area contributed by atoms with Gasteiger partial charge in [0.1, 0.15) is 5.82 Å². The van der Waals surface area contributed by atoms with Gasteiger partial charge in [0, 0.05) is 30.9 Å². The molecule has 0 spiro atoms. The molecular formula is C16H25FN2. The Morgan fingerprint density at radius 2 is 2.05 bits per heavy atom. The highest BCUT2D eigenvalue weighted by molar-refractivity contribution is 5.50. The van der Waals surface area contributed by atoms with Gasteiger partial charge >= 0.3 is 0 Å². The van der Waals surface area contributed by atoms with Crippen LogP contribution < -0.4 is 10.2 Å². The van der Waals surface area contributed by atoms with Gasteiger partial charge in [-0.1, -0.05) is 6.92 Å². The Kier molecular flexibility index (Phi) is 4.81. The number of nitrogens with one attached hydrogen (secondary N) is 1. The second-order valence-electron chi connectivity index (χ2n) is 5.52. The lowest BCUT2D eigenvalue weighted by Gasteiger charge is -2.30. The molecule has 106 valence electrons. The molecule has 1 aliphatic rings. The van der Waals surface area contributed by atoms with Gasteiger partial charge in [0.25, 0.3) is 0 Å². The van der Waals surface area contributed by atoms with Gasteiger partial charge in [-0.15, -0.1) is 0 Å². The molecule has 1 aromatic carbocycles. The van der Waals surface area contributed by atoms with Crippen LogP contribution in [-0.2, 0) is 6.54 Å². The lowest BCUT2D eigenvalue weighted by Crippen LogP contribution is -2.32. The third-order valence-corrected chi connectivity index (χ3v) is 3.91. The van der Waals surface area contributed by atoms with Gasteiger partial charge in [0.15, 0.2) is 0 Å². The zero-order valence-corrected chi connectivity index (χ0v) is 12.2. The molecule has 0 saturated heterocycles. The number of hydrogen-bond donors (Lipinski definition) is 1. The third kappa shape index (κ3) is 3.93. The minimum absolute atomic E-state index is 0.133. The second kappa shape index (κ2) is 6.38. The maximum absolute atomic E-state index is 13.8. The standard InChI is InChI=1S/C16H25FN2/c1-4-12(3)19(5-2)16-9-13(8-14(17)10-16)11-18-15-6-7-15/h8-10,12,15,18H,4-7,11H2,1-3H3. The monoisotopic (exact) mass is 264 g/mol. The molecule has 1 unspecified atom stereocenters. The Labute approximate surface area is 116 Å². The molecule has 0 aliphatic heterocycles. The molecule has 2 nitrogen and oxygen atoms in total. The fourth-order valence-electron chi connectivity index (χ4n) is 2.42. The van der Waals surface area contributed by atoms with Crippen molar-refractivity contribution in [1.82, 2.24) is 5.32 Å². The number of hydrogen-bond acceptors (Lipinski definition) is 2. The van der Waals surface area contributed by atoms with Gasteiger partial charge in [-0.05, 0) is 56.9 Å². The fraction of sp³-hybridized carbons (Fsp3) is 0.625. The van der Waals surface area contributed by atoms with Crippen molar-refractivity contribution in [3.05, 3.63) is 29.6 Å². The van der Waals surface area contributed by atoms with E-state index in [1.165, 1.54) is 12.8 Å². The van der Waals surface area contributed by atoms with Crippen molar-refractivity contribution in [2.24, 2.45) is 0 Å². The van der Waals surface area contributed by atoms with Crippen molar-refractivity contribution in [2.45, 2.75) is 58.7 Å². The zero-order chi connectivity index (χ0) is 13.8. The summed E-state index contributed by atoms with van der Waals surface area (Å²) in [5.74, 6) is -0.133. The van der Waals surface area contributed by atoms with Crippen LogP contribution in [0.1, 0.15) is 45.6 Å². The quantitative estimate of drug-likeness (QED) is 0.807. The largest absolute Gasteiger partial charge is 0.369 e. The molecule has 0 amide bonds. The zero-order valence-electron chi connectivity index (χ0n) is 12.2. The molecular weight excluding hydrogens is 239 g/mol. The van der Waals surface area contributed by atoms with E-state index < -0.39 is 0 Å². The first-order valence-corrected chi connectivity index (χ1v) is 7.43. The van der Waals surface area contributed by atoms with Gasteiger partial charge in [0.2, 0.25) is 0 Å². The average molecular weight is 264 g/mol. The third-order valence-electron chi connectivity index (χ3n) is 3.91. The smallest absolute Gasteiger partial charge is 0.125 e. The molecule has 19 heavy (non-hydrogen) atoms. The van der Waals surface area contributed by atoms with Gasteiger partial charge < -0.3 is 10.2 Å². The van der Waals surface area contributed by atoms with Crippen LogP contribution in [0.4, 0.5) is 10.1 Å². The van der Waals surface area contributed by atoms with Gasteiger partial charge in [-0.25, -0.2) is 4.39 Å². The summed E-state index contributed by atoms with van der Waals surface area (Å²) in [6.07, 6.45) is 3.59. The van der Waals surface area contributed by atoms with Crippen molar-refractivity contribution < 1.29 is 4.39 Å². The minimum atomic E-state index is -0.133. The minimum Gasteiger partial charge on any atom is -0.369 e. The van der Waals surface area contributed by atoms with Crippen LogP contribution in [0.3, 0.4) is 0 Å². The first kappa shape index (κ1) is 14.3. The summed E-state index contributed by atoms with van der Waals surface area (Å²) in [5, 5.41) is 3.44. The SMILES string of the molecule is CCC(C)N(CC)c1cc(F)cc(CNC2CC2)c1. The van der Waals surface area contributed by atoms with E-state index in [4.69, 9.17) is 0 Å². The summed E-state index contributed by atoms with van der Waals surface area (Å²) >= 11 is 0. The molecule has 0 bridgehead atoms. The molecule has 3 heteroatoms. The van der Waals surface area contributed by atoms with Crippen LogP contribution in [0, 0.1) is 5.82 Å². The summed E-state index contributed by atoms with van der Waals surface area (Å²) in [5.41, 5.74) is 2.05. The van der Waals surface area contributed by atoms with E-state index in [2.05, 4.69) is 37.1 Å².